The molecular weight excluding hydrogens is 638 g/mol. The van der Waals surface area contributed by atoms with Gasteiger partial charge < -0.3 is 15.7 Å². The Kier molecular flexibility index (Phi) is 9.76. The Morgan fingerprint density at radius 1 is 1.00 bits per heavy atom. The molecule has 51 heavy (non-hydrogen) atoms. The zero-order valence-corrected chi connectivity index (χ0v) is 29.1. The molecule has 7 rings (SSSR count). The van der Waals surface area contributed by atoms with E-state index >= 15 is 0 Å². The molecule has 3 aromatic heterocycles. The monoisotopic (exact) mass is 681 g/mol. The fraction of sp³-hybridized carbons (Fsp3) is 0.293. The second-order valence-corrected chi connectivity index (χ2v) is 13.3. The average molecular weight is 682 g/mol. The van der Waals surface area contributed by atoms with Gasteiger partial charge >= 0.3 is 0 Å². The summed E-state index contributed by atoms with van der Waals surface area (Å²) in [5.41, 5.74) is 13.3. The molecule has 2 fully saturated rings. The molecule has 1 amide bonds. The van der Waals surface area contributed by atoms with E-state index in [9.17, 15) is 14.7 Å². The number of nitrogens with two attached hydrogens (primary N) is 1. The van der Waals surface area contributed by atoms with Crippen molar-refractivity contribution in [3.8, 4) is 22.8 Å². The minimum Gasteiger partial charge on any atom is -0.507 e. The van der Waals surface area contributed by atoms with Crippen molar-refractivity contribution in [2.75, 3.05) is 18.8 Å². The maximum Gasteiger partial charge on any atom is 0.254 e. The van der Waals surface area contributed by atoms with Crippen molar-refractivity contribution in [2.45, 2.75) is 64.6 Å². The number of phenols is 1. The number of allylic oxidation sites excluding steroid dienone is 4. The van der Waals surface area contributed by atoms with Crippen LogP contribution in [0.5, 0.6) is 5.75 Å². The number of aromatic nitrogens is 4. The number of carbonyl (C=O) groups excluding carboxylic acids is 2. The highest BCUT2D eigenvalue weighted by Gasteiger charge is 2.39. The van der Waals surface area contributed by atoms with E-state index in [0.29, 0.717) is 23.5 Å². The Morgan fingerprint density at radius 2 is 1.76 bits per heavy atom. The van der Waals surface area contributed by atoms with Gasteiger partial charge in [0.15, 0.2) is 17.8 Å². The number of rotatable bonds is 11. The van der Waals surface area contributed by atoms with Gasteiger partial charge in [-0.2, -0.15) is 0 Å². The smallest absolute Gasteiger partial charge is 0.254 e. The Labute approximate surface area is 298 Å². The Bertz CT molecular complexity index is 2120. The van der Waals surface area contributed by atoms with E-state index in [-0.39, 0.29) is 29.3 Å². The van der Waals surface area contributed by atoms with Crippen LogP contribution in [0, 0.1) is 0 Å². The molecule has 10 nitrogen and oxygen atoms in total. The van der Waals surface area contributed by atoms with Gasteiger partial charge in [-0.25, -0.2) is 15.0 Å². The molecule has 0 spiro atoms. The van der Waals surface area contributed by atoms with E-state index in [4.69, 9.17) is 15.7 Å². The Balaban J connectivity index is 1.10. The number of likely N-dealkylation sites (tertiary alicyclic amines) is 1. The topological polar surface area (TPSA) is 130 Å². The summed E-state index contributed by atoms with van der Waals surface area (Å²) in [6.07, 6.45) is 13.3. The van der Waals surface area contributed by atoms with Crippen molar-refractivity contribution >= 4 is 34.7 Å². The van der Waals surface area contributed by atoms with Gasteiger partial charge in [-0.1, -0.05) is 37.3 Å². The fourth-order valence-electron chi connectivity index (χ4n) is 7.00. The van der Waals surface area contributed by atoms with Crippen LogP contribution in [0.15, 0.2) is 91.2 Å². The zero-order valence-electron chi connectivity index (χ0n) is 29.1. The number of nitrogen functional groups attached to an aromatic ring is 1. The molecule has 10 heteroatoms. The second-order valence-electron chi connectivity index (χ2n) is 13.3. The maximum absolute atomic E-state index is 13.6. The van der Waals surface area contributed by atoms with Crippen molar-refractivity contribution in [1.82, 2.24) is 29.3 Å². The van der Waals surface area contributed by atoms with Gasteiger partial charge in [0.25, 0.3) is 5.91 Å². The summed E-state index contributed by atoms with van der Waals surface area (Å²) in [5.74, 6) is 0.924. The van der Waals surface area contributed by atoms with Gasteiger partial charge in [0.05, 0.1) is 16.8 Å². The number of pyridine rings is 2. The van der Waals surface area contributed by atoms with Crippen molar-refractivity contribution in [1.29, 1.82) is 0 Å². The standard InChI is InChI=1S/C41H43N7O3/c1-3-5-7-28(4-2)35-16-17-36-40(44-35)48(39(45-36)34-8-6-21-43-38(34)42)32-12-9-27(10-13-32)25-46-22-19-33(20-23-46)47(31-14-15-31)41(51)29-11-18-37(50)30(24-29)26-49/h4-13,16-18,21,24,26,31,33,50H,3,14-15,19-20,22-23,25H2,1-2H3,(H2,42,43)/b7-5-,28-4+. The number of benzene rings is 2. The Hall–Kier alpha value is -5.61. The highest BCUT2D eigenvalue weighted by atomic mass is 16.3. The number of fused-ring (bicyclic) bond motifs is 1. The normalized spacial score (nSPS) is 15.8. The number of piperidine rings is 1. The van der Waals surface area contributed by atoms with Gasteiger partial charge in [0, 0.05) is 49.2 Å². The number of aldehydes is 1. The minimum absolute atomic E-state index is 0.0601. The molecular formula is C41H43N7O3. The summed E-state index contributed by atoms with van der Waals surface area (Å²) in [6, 6.07) is 21.3. The number of hydrogen-bond donors (Lipinski definition) is 2. The highest BCUT2D eigenvalue weighted by Crippen LogP contribution is 2.35. The summed E-state index contributed by atoms with van der Waals surface area (Å²) in [5, 5.41) is 9.93. The molecule has 260 valence electrons. The summed E-state index contributed by atoms with van der Waals surface area (Å²) < 4.78 is 2.06. The van der Waals surface area contributed by atoms with E-state index in [0.717, 1.165) is 85.4 Å². The first-order chi connectivity index (χ1) is 24.9. The summed E-state index contributed by atoms with van der Waals surface area (Å²) in [4.78, 5) is 43.9. The van der Waals surface area contributed by atoms with Crippen molar-refractivity contribution in [3.63, 3.8) is 0 Å². The summed E-state index contributed by atoms with van der Waals surface area (Å²) in [7, 11) is 0. The van der Waals surface area contributed by atoms with Crippen LogP contribution < -0.4 is 5.73 Å². The molecule has 0 unspecified atom stereocenters. The largest absolute Gasteiger partial charge is 0.507 e. The number of hydrogen-bond acceptors (Lipinski definition) is 8. The summed E-state index contributed by atoms with van der Waals surface area (Å²) in [6.45, 7) is 6.69. The van der Waals surface area contributed by atoms with Gasteiger partial charge in [0.2, 0.25) is 0 Å². The van der Waals surface area contributed by atoms with E-state index in [1.807, 2.05) is 36.1 Å². The third-order valence-corrected chi connectivity index (χ3v) is 9.85. The third-order valence-electron chi connectivity index (χ3n) is 9.85. The number of phenolic OH excluding ortho intramolecular Hbond substituents is 1. The molecule has 4 heterocycles. The lowest BCUT2D eigenvalue weighted by Crippen LogP contribution is -2.48. The molecule has 1 aliphatic carbocycles. The molecule has 2 aliphatic rings. The van der Waals surface area contributed by atoms with Crippen LogP contribution in [0.25, 0.3) is 33.8 Å². The van der Waals surface area contributed by atoms with Crippen LogP contribution in [0.3, 0.4) is 0 Å². The van der Waals surface area contributed by atoms with Crippen molar-refractivity contribution < 1.29 is 14.7 Å². The maximum atomic E-state index is 13.6. The SMILES string of the molecule is C/C=C(\C=C/CC)c1ccc2nc(-c3cccnc3N)n(-c3ccc(CN4CCC(N(C(=O)c5ccc(O)c(C=O)c5)C5CC5)CC4)cc3)c2n1. The first-order valence-electron chi connectivity index (χ1n) is 17.7. The van der Waals surface area contributed by atoms with Crippen LogP contribution in [0.2, 0.25) is 0 Å². The lowest BCUT2D eigenvalue weighted by molar-refractivity contribution is 0.0542. The highest BCUT2D eigenvalue weighted by molar-refractivity contribution is 5.97. The van der Waals surface area contributed by atoms with Crippen LogP contribution in [-0.2, 0) is 6.54 Å². The molecule has 1 aliphatic heterocycles. The van der Waals surface area contributed by atoms with Crippen LogP contribution in [0.1, 0.15) is 77.9 Å². The van der Waals surface area contributed by atoms with Gasteiger partial charge in [-0.15, -0.1) is 0 Å². The molecule has 3 N–H and O–H groups in total. The fourth-order valence-corrected chi connectivity index (χ4v) is 7.00. The van der Waals surface area contributed by atoms with E-state index in [1.165, 1.54) is 17.7 Å². The molecule has 0 radical (unpaired) electrons. The first kappa shape index (κ1) is 33.9. The number of imidazole rings is 1. The van der Waals surface area contributed by atoms with Gasteiger partial charge in [-0.05, 0) is 105 Å². The third kappa shape index (κ3) is 7.05. The first-order valence-corrected chi connectivity index (χ1v) is 17.7. The number of carbonyl (C=O) groups is 2. The molecule has 0 atom stereocenters. The molecule has 2 aromatic carbocycles. The number of aromatic hydroxyl groups is 1. The van der Waals surface area contributed by atoms with E-state index in [2.05, 4.69) is 63.9 Å². The molecule has 0 bridgehead atoms. The number of amides is 1. The Morgan fingerprint density at radius 3 is 2.45 bits per heavy atom. The van der Waals surface area contributed by atoms with Crippen LogP contribution in [0.4, 0.5) is 5.82 Å². The zero-order chi connectivity index (χ0) is 35.5. The second kappa shape index (κ2) is 14.7. The molecule has 5 aromatic rings. The van der Waals surface area contributed by atoms with Crippen LogP contribution in [-0.4, -0.2) is 71.8 Å². The predicted octanol–water partition coefficient (Wildman–Crippen LogP) is 7.22. The lowest BCUT2D eigenvalue weighted by Gasteiger charge is -2.39. The quantitative estimate of drug-likeness (QED) is 0.110. The lowest BCUT2D eigenvalue weighted by atomic mass is 10.00. The van der Waals surface area contributed by atoms with Gasteiger partial charge in [0.1, 0.15) is 17.1 Å². The van der Waals surface area contributed by atoms with E-state index < -0.39 is 0 Å². The van der Waals surface area contributed by atoms with E-state index in [1.54, 1.807) is 12.3 Å². The van der Waals surface area contributed by atoms with Crippen molar-refractivity contribution in [3.05, 3.63) is 114 Å². The number of anilines is 1. The molecule has 1 saturated heterocycles. The van der Waals surface area contributed by atoms with Crippen LogP contribution >= 0.6 is 0 Å². The molecule has 1 saturated carbocycles. The minimum atomic E-state index is -0.109. The number of nitrogens with zero attached hydrogens (tertiary/aromatic N) is 6. The summed E-state index contributed by atoms with van der Waals surface area (Å²) >= 11 is 0. The average Bonchev–Trinajstić information content (AvgIpc) is 3.92. The predicted molar refractivity (Wildman–Crippen MR) is 201 cm³/mol. The van der Waals surface area contributed by atoms with Gasteiger partial charge in [-0.3, -0.25) is 19.1 Å². The van der Waals surface area contributed by atoms with Crippen molar-refractivity contribution in [2.24, 2.45) is 0 Å².